The summed E-state index contributed by atoms with van der Waals surface area (Å²) in [5, 5.41) is 18.8. The zero-order chi connectivity index (χ0) is 14.8. The van der Waals surface area contributed by atoms with E-state index in [2.05, 4.69) is 51.9 Å². The molecule has 1 aliphatic carbocycles. The number of unbranched alkanes of at least 4 members (excludes halogenated alkanes) is 2. The van der Waals surface area contributed by atoms with Crippen LogP contribution in [0.3, 0.4) is 0 Å². The summed E-state index contributed by atoms with van der Waals surface area (Å²) in [5.74, 6) is 2.82. The van der Waals surface area contributed by atoms with E-state index >= 15 is 0 Å². The summed E-state index contributed by atoms with van der Waals surface area (Å²) in [6.45, 7) is 6.54. The van der Waals surface area contributed by atoms with E-state index in [1.165, 1.54) is 37.0 Å². The van der Waals surface area contributed by atoms with E-state index in [0.29, 0.717) is 11.7 Å². The SMILES string of the molecule is CCCCCC1C2C/C(C)=C(\c3nn[nH]n3)N/N=C(\C)C12. The molecule has 21 heavy (non-hydrogen) atoms. The lowest BCUT2D eigenvalue weighted by Gasteiger charge is -2.12. The minimum atomic E-state index is 0.602. The van der Waals surface area contributed by atoms with Gasteiger partial charge in [0.2, 0.25) is 5.82 Å². The van der Waals surface area contributed by atoms with Gasteiger partial charge in [-0.05, 0) is 49.3 Å². The van der Waals surface area contributed by atoms with Gasteiger partial charge in [-0.25, -0.2) is 0 Å². The first-order valence-electron chi connectivity index (χ1n) is 7.96. The second kappa shape index (κ2) is 5.95. The zero-order valence-corrected chi connectivity index (χ0v) is 13.1. The van der Waals surface area contributed by atoms with E-state index < -0.39 is 0 Å². The van der Waals surface area contributed by atoms with Crippen LogP contribution < -0.4 is 5.43 Å². The fourth-order valence-electron chi connectivity index (χ4n) is 3.64. The highest BCUT2D eigenvalue weighted by molar-refractivity contribution is 5.88. The number of hydrogen-bond acceptors (Lipinski definition) is 5. The predicted octanol–water partition coefficient (Wildman–Crippen LogP) is 2.74. The van der Waals surface area contributed by atoms with Crippen molar-refractivity contribution in [1.82, 2.24) is 26.0 Å². The van der Waals surface area contributed by atoms with Gasteiger partial charge in [-0.1, -0.05) is 26.2 Å². The molecule has 3 atom stereocenters. The van der Waals surface area contributed by atoms with Crippen molar-refractivity contribution in [3.8, 4) is 0 Å². The van der Waals surface area contributed by atoms with Gasteiger partial charge < -0.3 is 0 Å². The molecule has 2 aliphatic rings. The summed E-state index contributed by atoms with van der Waals surface area (Å²) in [6, 6.07) is 0. The number of aromatic nitrogens is 4. The molecule has 6 heteroatoms. The monoisotopic (exact) mass is 288 g/mol. The quantitative estimate of drug-likeness (QED) is 0.817. The molecule has 0 amide bonds. The van der Waals surface area contributed by atoms with Crippen molar-refractivity contribution in [2.45, 2.75) is 52.9 Å². The largest absolute Gasteiger partial charge is 0.275 e. The molecule has 2 heterocycles. The third kappa shape index (κ3) is 2.84. The van der Waals surface area contributed by atoms with E-state index in [-0.39, 0.29) is 0 Å². The number of rotatable bonds is 5. The Balaban J connectivity index is 1.75. The molecular weight excluding hydrogens is 264 g/mol. The van der Waals surface area contributed by atoms with Crippen LogP contribution in [0.4, 0.5) is 0 Å². The van der Waals surface area contributed by atoms with Gasteiger partial charge in [0, 0.05) is 11.6 Å². The molecule has 2 N–H and O–H groups in total. The summed E-state index contributed by atoms with van der Waals surface area (Å²) in [6.07, 6.45) is 6.41. The van der Waals surface area contributed by atoms with Gasteiger partial charge in [0.15, 0.2) is 0 Å². The maximum Gasteiger partial charge on any atom is 0.222 e. The van der Waals surface area contributed by atoms with E-state index in [9.17, 15) is 0 Å². The van der Waals surface area contributed by atoms with Gasteiger partial charge in [0.1, 0.15) is 5.70 Å². The van der Waals surface area contributed by atoms with Crippen LogP contribution >= 0.6 is 0 Å². The van der Waals surface area contributed by atoms with Crippen molar-refractivity contribution >= 4 is 11.4 Å². The molecule has 1 aliphatic heterocycles. The molecule has 0 bridgehead atoms. The molecule has 0 spiro atoms. The van der Waals surface area contributed by atoms with Crippen LogP contribution in [0.1, 0.15) is 58.7 Å². The summed E-state index contributed by atoms with van der Waals surface area (Å²) in [4.78, 5) is 0. The molecule has 3 unspecified atom stereocenters. The lowest BCUT2D eigenvalue weighted by molar-refractivity contribution is 0.577. The van der Waals surface area contributed by atoms with Gasteiger partial charge in [-0.15, -0.1) is 10.2 Å². The third-order valence-corrected chi connectivity index (χ3v) is 4.84. The van der Waals surface area contributed by atoms with Crippen molar-refractivity contribution in [3.05, 3.63) is 11.4 Å². The predicted molar refractivity (Wildman–Crippen MR) is 82.2 cm³/mol. The topological polar surface area (TPSA) is 78.8 Å². The summed E-state index contributed by atoms with van der Waals surface area (Å²) < 4.78 is 0. The lowest BCUT2D eigenvalue weighted by Crippen LogP contribution is -2.15. The Labute approximate surface area is 125 Å². The number of hydrazone groups is 1. The molecule has 1 fully saturated rings. The maximum absolute atomic E-state index is 4.56. The lowest BCUT2D eigenvalue weighted by atomic mass is 10.0. The van der Waals surface area contributed by atoms with Gasteiger partial charge in [-0.2, -0.15) is 10.3 Å². The van der Waals surface area contributed by atoms with E-state index in [0.717, 1.165) is 24.0 Å². The second-order valence-electron chi connectivity index (χ2n) is 6.31. The van der Waals surface area contributed by atoms with E-state index in [4.69, 9.17) is 0 Å². The maximum atomic E-state index is 4.56. The number of aromatic amines is 1. The fourth-order valence-corrected chi connectivity index (χ4v) is 3.64. The molecule has 0 saturated heterocycles. The third-order valence-electron chi connectivity index (χ3n) is 4.84. The number of fused-ring (bicyclic) bond motifs is 1. The Morgan fingerprint density at radius 1 is 1.24 bits per heavy atom. The Morgan fingerprint density at radius 2 is 2.10 bits per heavy atom. The Hall–Kier alpha value is -1.72. The summed E-state index contributed by atoms with van der Waals surface area (Å²) in [5.41, 5.74) is 6.55. The Kier molecular flexibility index (Phi) is 4.03. The van der Waals surface area contributed by atoms with Crippen molar-refractivity contribution in [2.75, 3.05) is 0 Å². The van der Waals surface area contributed by atoms with Gasteiger partial charge in [0.05, 0.1) is 0 Å². The highest BCUT2D eigenvalue weighted by Crippen LogP contribution is 2.54. The molecule has 114 valence electrons. The van der Waals surface area contributed by atoms with Crippen LogP contribution in [0.2, 0.25) is 0 Å². The Morgan fingerprint density at radius 3 is 2.81 bits per heavy atom. The highest BCUT2D eigenvalue weighted by Gasteiger charge is 2.51. The van der Waals surface area contributed by atoms with Crippen molar-refractivity contribution in [1.29, 1.82) is 0 Å². The van der Waals surface area contributed by atoms with Crippen molar-refractivity contribution < 1.29 is 0 Å². The van der Waals surface area contributed by atoms with Crippen LogP contribution in [0.5, 0.6) is 0 Å². The number of H-pyrrole nitrogens is 1. The Bertz CT molecular complexity index is 545. The molecule has 1 aromatic heterocycles. The van der Waals surface area contributed by atoms with Crippen molar-refractivity contribution in [2.24, 2.45) is 22.9 Å². The standard InChI is InChI=1S/C15H24N6/c1-4-5-6-7-11-12-8-9(2)14(15-18-20-21-19-15)17-16-10(3)13(11)12/h11-13,17H,4-8H2,1-3H3,(H,18,19,20,21)/b14-9+,16-10+. The molecule has 1 saturated carbocycles. The average molecular weight is 288 g/mol. The number of nitrogens with one attached hydrogen (secondary N) is 2. The molecule has 1 aromatic rings. The second-order valence-corrected chi connectivity index (χ2v) is 6.31. The van der Waals surface area contributed by atoms with Crippen LogP contribution in [-0.2, 0) is 0 Å². The first-order chi connectivity index (χ1) is 10.2. The molecule has 6 nitrogen and oxygen atoms in total. The average Bonchev–Trinajstić information content (AvgIpc) is 2.87. The minimum absolute atomic E-state index is 0.602. The van der Waals surface area contributed by atoms with Gasteiger partial charge in [-0.3, -0.25) is 5.43 Å². The molecule has 0 aromatic carbocycles. The van der Waals surface area contributed by atoms with Crippen molar-refractivity contribution in [3.63, 3.8) is 0 Å². The van der Waals surface area contributed by atoms with E-state index in [1.807, 2.05) is 0 Å². The number of nitrogens with zero attached hydrogens (tertiary/aromatic N) is 4. The molecule has 3 rings (SSSR count). The van der Waals surface area contributed by atoms with Crippen LogP contribution in [0.15, 0.2) is 10.7 Å². The fraction of sp³-hybridized carbons (Fsp3) is 0.733. The first-order valence-corrected chi connectivity index (χ1v) is 7.96. The summed E-state index contributed by atoms with van der Waals surface area (Å²) >= 11 is 0. The highest BCUT2D eigenvalue weighted by atomic mass is 15.5. The number of hydrogen-bond donors (Lipinski definition) is 2. The van der Waals surface area contributed by atoms with Crippen LogP contribution in [0.25, 0.3) is 5.70 Å². The smallest absolute Gasteiger partial charge is 0.222 e. The van der Waals surface area contributed by atoms with Gasteiger partial charge >= 0.3 is 0 Å². The number of tetrazole rings is 1. The van der Waals surface area contributed by atoms with Crippen LogP contribution in [-0.4, -0.2) is 26.3 Å². The number of allylic oxidation sites excluding steroid dienone is 1. The van der Waals surface area contributed by atoms with Crippen LogP contribution in [0, 0.1) is 17.8 Å². The normalized spacial score (nSPS) is 34.2. The van der Waals surface area contributed by atoms with E-state index in [1.54, 1.807) is 0 Å². The zero-order valence-electron chi connectivity index (χ0n) is 13.1. The summed E-state index contributed by atoms with van der Waals surface area (Å²) in [7, 11) is 0. The first kappa shape index (κ1) is 14.2. The molecule has 0 radical (unpaired) electrons. The van der Waals surface area contributed by atoms with Gasteiger partial charge in [0.25, 0.3) is 0 Å². The molecular formula is C15H24N6. The minimum Gasteiger partial charge on any atom is -0.275 e.